The smallest absolute Gasteiger partial charge is 0.299 e. The van der Waals surface area contributed by atoms with E-state index in [1.165, 1.54) is 0 Å². The maximum absolute atomic E-state index is 5.81. The SMILES string of the molecule is CCN(CC)c1nc2ncc(Cl)cc2o1. The zero-order valence-electron chi connectivity index (χ0n) is 8.70. The molecule has 0 aliphatic carbocycles. The fourth-order valence-corrected chi connectivity index (χ4v) is 1.56. The molecule has 2 aromatic rings. The highest BCUT2D eigenvalue weighted by molar-refractivity contribution is 6.30. The van der Waals surface area contributed by atoms with Crippen molar-refractivity contribution in [3.63, 3.8) is 0 Å². The molecule has 0 saturated heterocycles. The first kappa shape index (κ1) is 10.2. The van der Waals surface area contributed by atoms with Crippen LogP contribution >= 0.6 is 11.6 Å². The number of anilines is 1. The van der Waals surface area contributed by atoms with Crippen LogP contribution in [0.3, 0.4) is 0 Å². The molecule has 0 fully saturated rings. The highest BCUT2D eigenvalue weighted by Gasteiger charge is 2.11. The Kier molecular flexibility index (Phi) is 2.77. The summed E-state index contributed by atoms with van der Waals surface area (Å²) in [5.74, 6) is 0. The third-order valence-corrected chi connectivity index (χ3v) is 2.44. The summed E-state index contributed by atoms with van der Waals surface area (Å²) in [5.41, 5.74) is 1.23. The number of rotatable bonds is 3. The molecule has 0 saturated carbocycles. The predicted molar refractivity (Wildman–Crippen MR) is 60.4 cm³/mol. The molecule has 15 heavy (non-hydrogen) atoms. The van der Waals surface area contributed by atoms with Crippen LogP contribution in [0.1, 0.15) is 13.8 Å². The van der Waals surface area contributed by atoms with Gasteiger partial charge in [0.05, 0.1) is 5.02 Å². The van der Waals surface area contributed by atoms with E-state index >= 15 is 0 Å². The first-order chi connectivity index (χ1) is 7.24. The summed E-state index contributed by atoms with van der Waals surface area (Å²) in [6.07, 6.45) is 1.57. The number of fused-ring (bicyclic) bond motifs is 1. The zero-order chi connectivity index (χ0) is 10.8. The topological polar surface area (TPSA) is 42.2 Å². The van der Waals surface area contributed by atoms with Gasteiger partial charge in [0.2, 0.25) is 5.65 Å². The van der Waals surface area contributed by atoms with Gasteiger partial charge in [0, 0.05) is 25.4 Å². The highest BCUT2D eigenvalue weighted by Crippen LogP contribution is 2.22. The van der Waals surface area contributed by atoms with Crippen LogP contribution in [0.25, 0.3) is 11.2 Å². The molecule has 0 unspecified atom stereocenters. The lowest BCUT2D eigenvalue weighted by atomic mass is 10.5. The monoisotopic (exact) mass is 225 g/mol. The third-order valence-electron chi connectivity index (χ3n) is 2.24. The second-order valence-corrected chi connectivity index (χ2v) is 3.58. The van der Waals surface area contributed by atoms with Crippen LogP contribution in [0, 0.1) is 0 Å². The Balaban J connectivity index is 2.46. The summed E-state index contributed by atoms with van der Waals surface area (Å²) in [6, 6.07) is 2.33. The third kappa shape index (κ3) is 1.90. The van der Waals surface area contributed by atoms with E-state index in [0.29, 0.717) is 22.3 Å². The van der Waals surface area contributed by atoms with Gasteiger partial charge in [-0.15, -0.1) is 0 Å². The van der Waals surface area contributed by atoms with E-state index in [9.17, 15) is 0 Å². The molecular formula is C10H12ClN3O. The van der Waals surface area contributed by atoms with E-state index < -0.39 is 0 Å². The van der Waals surface area contributed by atoms with Crippen molar-refractivity contribution in [3.8, 4) is 0 Å². The Morgan fingerprint density at radius 3 is 2.80 bits per heavy atom. The van der Waals surface area contributed by atoms with Crippen molar-refractivity contribution < 1.29 is 4.42 Å². The summed E-state index contributed by atoms with van der Waals surface area (Å²) >= 11 is 5.81. The van der Waals surface area contributed by atoms with Gasteiger partial charge in [-0.1, -0.05) is 11.6 Å². The van der Waals surface area contributed by atoms with Gasteiger partial charge in [0.25, 0.3) is 6.01 Å². The van der Waals surface area contributed by atoms with Gasteiger partial charge < -0.3 is 9.32 Å². The Morgan fingerprint density at radius 1 is 1.40 bits per heavy atom. The Morgan fingerprint density at radius 2 is 2.13 bits per heavy atom. The number of pyridine rings is 1. The van der Waals surface area contributed by atoms with Crippen molar-refractivity contribution in [3.05, 3.63) is 17.3 Å². The van der Waals surface area contributed by atoms with Gasteiger partial charge in [-0.3, -0.25) is 0 Å². The standard InChI is InChI=1S/C10H12ClN3O/c1-3-14(4-2)10-13-9-8(15-10)5-7(11)6-12-9/h5-6H,3-4H2,1-2H3. The highest BCUT2D eigenvalue weighted by atomic mass is 35.5. The number of hydrogen-bond donors (Lipinski definition) is 0. The molecule has 0 aliphatic rings. The van der Waals surface area contributed by atoms with Crippen LogP contribution in [-0.4, -0.2) is 23.1 Å². The van der Waals surface area contributed by atoms with Crippen LogP contribution in [0.2, 0.25) is 5.02 Å². The molecule has 0 amide bonds. The lowest BCUT2D eigenvalue weighted by molar-refractivity contribution is 0.576. The molecule has 0 radical (unpaired) electrons. The van der Waals surface area contributed by atoms with Crippen molar-refractivity contribution >= 4 is 28.8 Å². The fourth-order valence-electron chi connectivity index (χ4n) is 1.41. The number of oxazole rings is 1. The molecule has 0 spiro atoms. The van der Waals surface area contributed by atoms with Crippen LogP contribution in [-0.2, 0) is 0 Å². The van der Waals surface area contributed by atoms with Gasteiger partial charge in [-0.05, 0) is 13.8 Å². The minimum Gasteiger partial charge on any atom is -0.422 e. The molecule has 5 heteroatoms. The Bertz CT molecular complexity index is 465. The molecule has 0 bridgehead atoms. The van der Waals surface area contributed by atoms with Crippen molar-refractivity contribution in [2.45, 2.75) is 13.8 Å². The van der Waals surface area contributed by atoms with Crippen molar-refractivity contribution in [1.29, 1.82) is 0 Å². The van der Waals surface area contributed by atoms with Crippen LogP contribution in [0.4, 0.5) is 6.01 Å². The van der Waals surface area contributed by atoms with Crippen molar-refractivity contribution in [2.24, 2.45) is 0 Å². The summed E-state index contributed by atoms with van der Waals surface area (Å²) in [5, 5.41) is 0.560. The molecule has 2 aromatic heterocycles. The Hall–Kier alpha value is -1.29. The molecule has 2 rings (SSSR count). The van der Waals surface area contributed by atoms with Gasteiger partial charge in [0.15, 0.2) is 5.58 Å². The lowest BCUT2D eigenvalue weighted by Gasteiger charge is -2.14. The number of halogens is 1. The lowest BCUT2D eigenvalue weighted by Crippen LogP contribution is -2.21. The van der Waals surface area contributed by atoms with Gasteiger partial charge in [-0.25, -0.2) is 4.98 Å². The van der Waals surface area contributed by atoms with Crippen LogP contribution < -0.4 is 4.90 Å². The minimum absolute atomic E-state index is 0.560. The first-order valence-electron chi connectivity index (χ1n) is 4.91. The average Bonchev–Trinajstić information content (AvgIpc) is 2.62. The normalized spacial score (nSPS) is 10.9. The van der Waals surface area contributed by atoms with Crippen LogP contribution in [0.15, 0.2) is 16.7 Å². The second kappa shape index (κ2) is 4.06. The van der Waals surface area contributed by atoms with E-state index in [0.717, 1.165) is 13.1 Å². The molecule has 0 N–H and O–H groups in total. The number of aromatic nitrogens is 2. The predicted octanol–water partition coefficient (Wildman–Crippen LogP) is 2.72. The summed E-state index contributed by atoms with van der Waals surface area (Å²) < 4.78 is 5.56. The summed E-state index contributed by atoms with van der Waals surface area (Å²) in [6.45, 7) is 5.83. The summed E-state index contributed by atoms with van der Waals surface area (Å²) in [7, 11) is 0. The fraction of sp³-hybridized carbons (Fsp3) is 0.400. The molecule has 0 atom stereocenters. The van der Waals surface area contributed by atoms with E-state index in [2.05, 4.69) is 23.8 Å². The molecule has 2 heterocycles. The first-order valence-corrected chi connectivity index (χ1v) is 5.29. The maximum Gasteiger partial charge on any atom is 0.299 e. The van der Waals surface area contributed by atoms with E-state index in [1.54, 1.807) is 12.3 Å². The molecule has 80 valence electrons. The van der Waals surface area contributed by atoms with Gasteiger partial charge >= 0.3 is 0 Å². The number of nitrogens with zero attached hydrogens (tertiary/aromatic N) is 3. The Labute approximate surface area is 92.9 Å². The van der Waals surface area contributed by atoms with Gasteiger partial charge in [0.1, 0.15) is 0 Å². The summed E-state index contributed by atoms with van der Waals surface area (Å²) in [4.78, 5) is 10.4. The zero-order valence-corrected chi connectivity index (χ0v) is 9.45. The van der Waals surface area contributed by atoms with Gasteiger partial charge in [-0.2, -0.15) is 4.98 Å². The van der Waals surface area contributed by atoms with E-state index in [-0.39, 0.29) is 0 Å². The quantitative estimate of drug-likeness (QED) is 0.806. The molecule has 0 aliphatic heterocycles. The van der Waals surface area contributed by atoms with E-state index in [1.807, 2.05) is 4.90 Å². The molecule has 0 aromatic carbocycles. The molecule has 4 nitrogen and oxygen atoms in total. The van der Waals surface area contributed by atoms with Crippen molar-refractivity contribution in [1.82, 2.24) is 9.97 Å². The second-order valence-electron chi connectivity index (χ2n) is 3.14. The maximum atomic E-state index is 5.81. The number of hydrogen-bond acceptors (Lipinski definition) is 4. The van der Waals surface area contributed by atoms with Crippen LogP contribution in [0.5, 0.6) is 0 Å². The largest absolute Gasteiger partial charge is 0.422 e. The average molecular weight is 226 g/mol. The molecular weight excluding hydrogens is 214 g/mol. The van der Waals surface area contributed by atoms with E-state index in [4.69, 9.17) is 16.0 Å². The minimum atomic E-state index is 0.560. The van der Waals surface area contributed by atoms with Crippen molar-refractivity contribution in [2.75, 3.05) is 18.0 Å².